The van der Waals surface area contributed by atoms with E-state index in [1.165, 1.54) is 5.92 Å². The van der Waals surface area contributed by atoms with Crippen LogP contribution in [0.3, 0.4) is 0 Å². The van der Waals surface area contributed by atoms with E-state index in [0.717, 1.165) is 0 Å². The maximum absolute atomic E-state index is 8.47. The second-order valence-electron chi connectivity index (χ2n) is 4.64. The van der Waals surface area contributed by atoms with Crippen LogP contribution in [0.1, 0.15) is 6.92 Å². The largest absolute Gasteiger partial charge is 2.00 e. The summed E-state index contributed by atoms with van der Waals surface area (Å²) in [7, 11) is 0. The Balaban J connectivity index is 0.000000684. The molecule has 23 heavy (non-hydrogen) atoms. The SMILES string of the molecule is CC(OCCOCCOCCO)[C]1[CH][CH][CH][CH]1.[CH]1[CH][CH][CH][CH]1.[Fe+2]. The Labute approximate surface area is 153 Å². The number of rotatable bonds is 10. The van der Waals surface area contributed by atoms with Crippen LogP contribution in [-0.4, -0.2) is 50.9 Å². The number of aliphatic hydroxyl groups excluding tert-OH is 1. The molecule has 0 heterocycles. The van der Waals surface area contributed by atoms with Gasteiger partial charge in [-0.15, -0.1) is 0 Å². The van der Waals surface area contributed by atoms with Gasteiger partial charge < -0.3 is 19.3 Å². The molecule has 0 aromatic carbocycles. The summed E-state index contributed by atoms with van der Waals surface area (Å²) in [5.74, 6) is 1.19. The predicted molar refractivity (Wildman–Crippen MR) is 86.1 cm³/mol. The minimum absolute atomic E-state index is 0. The molecule has 128 valence electrons. The van der Waals surface area contributed by atoms with E-state index in [2.05, 4.69) is 0 Å². The molecular formula is C18H26FeO4+2. The van der Waals surface area contributed by atoms with E-state index in [-0.39, 0.29) is 29.8 Å². The summed E-state index contributed by atoms with van der Waals surface area (Å²) in [5, 5.41) is 8.47. The molecule has 0 bridgehead atoms. The molecular weight excluding hydrogens is 336 g/mol. The Hall–Kier alpha value is 0.359. The van der Waals surface area contributed by atoms with Crippen molar-refractivity contribution in [2.75, 3.05) is 39.6 Å². The van der Waals surface area contributed by atoms with Crippen molar-refractivity contribution in [3.63, 3.8) is 0 Å². The van der Waals surface area contributed by atoms with Crippen molar-refractivity contribution in [2.24, 2.45) is 0 Å². The fraction of sp³-hybridized carbons (Fsp3) is 0.444. The normalized spacial score (nSPS) is 19.0. The van der Waals surface area contributed by atoms with Gasteiger partial charge in [-0.25, -0.2) is 0 Å². The van der Waals surface area contributed by atoms with Gasteiger partial charge in [0.2, 0.25) is 0 Å². The van der Waals surface area contributed by atoms with E-state index in [9.17, 15) is 0 Å². The predicted octanol–water partition coefficient (Wildman–Crippen LogP) is 1.84. The van der Waals surface area contributed by atoms with E-state index >= 15 is 0 Å². The van der Waals surface area contributed by atoms with E-state index in [1.807, 2.05) is 64.7 Å². The van der Waals surface area contributed by atoms with Gasteiger partial charge in [0.25, 0.3) is 0 Å². The fourth-order valence-electron chi connectivity index (χ4n) is 1.75. The monoisotopic (exact) mass is 362 g/mol. The van der Waals surface area contributed by atoms with Gasteiger partial charge in [-0.2, -0.15) is 0 Å². The number of aliphatic hydroxyl groups is 1. The molecule has 2 rings (SSSR count). The van der Waals surface area contributed by atoms with Gasteiger partial charge in [-0.3, -0.25) is 0 Å². The first-order valence-electron chi connectivity index (χ1n) is 7.61. The molecule has 0 saturated heterocycles. The topological polar surface area (TPSA) is 47.9 Å². The standard InChI is InChI=1S/C13H21O4.C5H5.Fe/c1-12(13-4-2-3-5-13)17-11-10-16-9-8-15-7-6-14;1-2-4-5-3-1;/h2-5,12,14H,6-11H2,1H3;1-5H;/q;;+2. The Morgan fingerprint density at radius 1 is 0.783 bits per heavy atom. The van der Waals surface area contributed by atoms with E-state index in [0.29, 0.717) is 33.0 Å². The van der Waals surface area contributed by atoms with Crippen molar-refractivity contribution in [1.29, 1.82) is 0 Å². The third-order valence-electron chi connectivity index (χ3n) is 2.92. The maximum atomic E-state index is 8.47. The Kier molecular flexibility index (Phi) is 17.5. The van der Waals surface area contributed by atoms with Gasteiger partial charge in [0, 0.05) is 5.92 Å². The van der Waals surface area contributed by atoms with Crippen molar-refractivity contribution < 1.29 is 36.4 Å². The van der Waals surface area contributed by atoms with Crippen LogP contribution in [0, 0.1) is 63.7 Å². The zero-order chi connectivity index (χ0) is 15.9. The molecule has 2 saturated carbocycles. The minimum atomic E-state index is 0. The van der Waals surface area contributed by atoms with Crippen molar-refractivity contribution in [3.8, 4) is 0 Å². The molecule has 0 spiro atoms. The van der Waals surface area contributed by atoms with Crippen molar-refractivity contribution in [3.05, 3.63) is 63.7 Å². The average Bonchev–Trinajstić information content (AvgIpc) is 3.25. The van der Waals surface area contributed by atoms with E-state index < -0.39 is 0 Å². The average molecular weight is 362 g/mol. The van der Waals surface area contributed by atoms with Crippen LogP contribution in [0.2, 0.25) is 0 Å². The van der Waals surface area contributed by atoms with Gasteiger partial charge >= 0.3 is 17.1 Å². The van der Waals surface area contributed by atoms with Gasteiger partial charge in [0.05, 0.1) is 45.7 Å². The molecule has 2 fully saturated rings. The summed E-state index contributed by atoms with van der Waals surface area (Å²) in [4.78, 5) is 0. The third kappa shape index (κ3) is 13.3. The van der Waals surface area contributed by atoms with Gasteiger partial charge in [-0.05, 0) is 64.7 Å². The van der Waals surface area contributed by atoms with E-state index in [4.69, 9.17) is 19.3 Å². The second-order valence-corrected chi connectivity index (χ2v) is 4.64. The van der Waals surface area contributed by atoms with Crippen LogP contribution < -0.4 is 0 Å². The molecule has 2 aliphatic carbocycles. The number of hydrogen-bond acceptors (Lipinski definition) is 4. The minimum Gasteiger partial charge on any atom is -0.394 e. The zero-order valence-electron chi connectivity index (χ0n) is 13.5. The molecule has 1 unspecified atom stereocenters. The number of hydrogen-bond donors (Lipinski definition) is 1. The Morgan fingerprint density at radius 2 is 1.26 bits per heavy atom. The Bertz CT molecular complexity index is 223. The van der Waals surface area contributed by atoms with Gasteiger partial charge in [0.15, 0.2) is 0 Å². The quantitative estimate of drug-likeness (QED) is 0.476. The summed E-state index contributed by atoms with van der Waals surface area (Å²) in [6.45, 7) is 4.64. The molecule has 1 atom stereocenters. The molecule has 0 amide bonds. The van der Waals surface area contributed by atoms with Crippen LogP contribution >= 0.6 is 0 Å². The van der Waals surface area contributed by atoms with E-state index in [1.54, 1.807) is 0 Å². The van der Waals surface area contributed by atoms with Crippen molar-refractivity contribution >= 4 is 0 Å². The first-order valence-corrected chi connectivity index (χ1v) is 7.61. The first kappa shape index (κ1) is 23.4. The smallest absolute Gasteiger partial charge is 0.394 e. The number of ether oxygens (including phenoxy) is 3. The summed E-state index contributed by atoms with van der Waals surface area (Å²) in [5.41, 5.74) is 0. The molecule has 0 aromatic rings. The molecule has 0 aliphatic heterocycles. The maximum Gasteiger partial charge on any atom is 2.00 e. The van der Waals surface area contributed by atoms with Crippen molar-refractivity contribution in [1.82, 2.24) is 0 Å². The van der Waals surface area contributed by atoms with Gasteiger partial charge in [0.1, 0.15) is 0 Å². The third-order valence-corrected chi connectivity index (χ3v) is 2.92. The van der Waals surface area contributed by atoms with Gasteiger partial charge in [-0.1, -0.05) is 0 Å². The van der Waals surface area contributed by atoms with Crippen molar-refractivity contribution in [2.45, 2.75) is 13.0 Å². The second kappa shape index (κ2) is 17.2. The summed E-state index contributed by atoms with van der Waals surface area (Å²) >= 11 is 0. The van der Waals surface area contributed by atoms with Crippen LogP contribution in [0.4, 0.5) is 0 Å². The van der Waals surface area contributed by atoms with Crippen LogP contribution in [0.15, 0.2) is 0 Å². The van der Waals surface area contributed by atoms with Crippen LogP contribution in [0.5, 0.6) is 0 Å². The van der Waals surface area contributed by atoms with Crippen LogP contribution in [0.25, 0.3) is 0 Å². The molecule has 2 aliphatic rings. The summed E-state index contributed by atoms with van der Waals surface area (Å²) in [6, 6.07) is 0. The molecule has 4 nitrogen and oxygen atoms in total. The summed E-state index contributed by atoms with van der Waals surface area (Å²) in [6.07, 6.45) is 18.2. The zero-order valence-corrected chi connectivity index (χ0v) is 14.6. The Morgan fingerprint density at radius 3 is 1.78 bits per heavy atom. The molecule has 5 heteroatoms. The molecule has 10 radical (unpaired) electrons. The fourth-order valence-corrected chi connectivity index (χ4v) is 1.75. The molecule has 0 aromatic heterocycles. The van der Waals surface area contributed by atoms with Crippen LogP contribution in [-0.2, 0) is 31.3 Å². The summed E-state index contributed by atoms with van der Waals surface area (Å²) < 4.78 is 16.0. The first-order chi connectivity index (χ1) is 10.8. The molecule has 1 N–H and O–H groups in total.